The van der Waals surface area contributed by atoms with E-state index in [0.29, 0.717) is 23.4 Å². The number of rotatable bonds is 4. The van der Waals surface area contributed by atoms with Crippen LogP contribution in [0, 0.1) is 11.3 Å². The number of allylic oxidation sites excluding steroid dienone is 2. The summed E-state index contributed by atoms with van der Waals surface area (Å²) in [7, 11) is 1.81. The van der Waals surface area contributed by atoms with Gasteiger partial charge in [-0.15, -0.1) is 0 Å². The van der Waals surface area contributed by atoms with Gasteiger partial charge in [0.15, 0.2) is 0 Å². The normalized spacial score (nSPS) is 24.4. The highest BCUT2D eigenvalue weighted by molar-refractivity contribution is 5.79. The molecule has 2 heterocycles. The molecule has 172 valence electrons. The summed E-state index contributed by atoms with van der Waals surface area (Å²) in [5.41, 5.74) is 0.401. The number of methoxy groups -OCH3 is 1. The maximum Gasteiger partial charge on any atom is 0.490 e. The summed E-state index contributed by atoms with van der Waals surface area (Å²) in [6.07, 6.45) is 4.65. The van der Waals surface area contributed by atoms with Gasteiger partial charge in [0.1, 0.15) is 0 Å². The van der Waals surface area contributed by atoms with E-state index < -0.39 is 12.1 Å². The fourth-order valence-electron chi connectivity index (χ4n) is 4.79. The quantitative estimate of drug-likeness (QED) is 0.688. The second-order valence-corrected chi connectivity index (χ2v) is 8.85. The molecule has 0 aromatic carbocycles. The third-order valence-electron chi connectivity index (χ3n) is 6.41. The molecule has 0 bridgehead atoms. The van der Waals surface area contributed by atoms with Crippen LogP contribution in [0.1, 0.15) is 46.0 Å². The zero-order valence-corrected chi connectivity index (χ0v) is 18.0. The van der Waals surface area contributed by atoms with Crippen LogP contribution in [0.5, 0.6) is 0 Å². The van der Waals surface area contributed by atoms with Gasteiger partial charge in [0.2, 0.25) is 5.91 Å². The lowest BCUT2D eigenvalue weighted by Gasteiger charge is -2.40. The Morgan fingerprint density at radius 3 is 2.17 bits per heavy atom. The van der Waals surface area contributed by atoms with Crippen LogP contribution in [0.4, 0.5) is 13.2 Å². The van der Waals surface area contributed by atoms with Crippen molar-refractivity contribution >= 4 is 11.9 Å². The van der Waals surface area contributed by atoms with Crippen LogP contribution in [0.15, 0.2) is 12.2 Å². The fourth-order valence-corrected chi connectivity index (χ4v) is 4.79. The number of amides is 1. The van der Waals surface area contributed by atoms with Gasteiger partial charge in [0.05, 0.1) is 6.61 Å². The average molecular weight is 434 g/mol. The van der Waals surface area contributed by atoms with Crippen LogP contribution < -0.4 is 0 Å². The van der Waals surface area contributed by atoms with E-state index in [1.54, 1.807) is 7.11 Å². The molecule has 1 atom stereocenters. The van der Waals surface area contributed by atoms with Gasteiger partial charge >= 0.3 is 12.1 Å². The smallest absolute Gasteiger partial charge is 0.475 e. The largest absolute Gasteiger partial charge is 0.490 e. The Balaban J connectivity index is 0.000000396. The molecular formula is C21H33F3N2O4. The van der Waals surface area contributed by atoms with Crippen molar-refractivity contribution in [2.45, 2.75) is 64.2 Å². The van der Waals surface area contributed by atoms with E-state index in [-0.39, 0.29) is 5.92 Å². The first kappa shape index (κ1) is 24.7. The molecule has 2 saturated heterocycles. The standard InChI is InChI=1S/C19H32N2O2.C2HF3O2/c1-15(2)21-14-19(12-17(21)13-23-3)8-10-20(11-9-19)18(22)16-6-4-5-7-16;3-2(4,5)1(6)7/h4-5,15-17H,6-14H2,1-3H3;(H,6,7). The van der Waals surface area contributed by atoms with Crippen molar-refractivity contribution in [3.8, 4) is 0 Å². The molecule has 6 nitrogen and oxygen atoms in total. The maximum atomic E-state index is 12.6. The molecule has 1 unspecified atom stereocenters. The van der Waals surface area contributed by atoms with Crippen LogP contribution in [-0.2, 0) is 14.3 Å². The SMILES string of the molecule is COCC1CC2(CCN(C(=O)C3CC=CC3)CC2)CN1C(C)C.O=C(O)C(F)(F)F. The number of alkyl halides is 3. The Bertz CT molecular complexity index is 620. The van der Waals surface area contributed by atoms with Crippen LogP contribution in [0.25, 0.3) is 0 Å². The van der Waals surface area contributed by atoms with Crippen molar-refractivity contribution in [2.75, 3.05) is 33.4 Å². The number of piperidine rings is 1. The highest BCUT2D eigenvalue weighted by atomic mass is 19.4. The first-order valence-electron chi connectivity index (χ1n) is 10.5. The number of ether oxygens (including phenoxy) is 1. The summed E-state index contributed by atoms with van der Waals surface area (Å²) in [4.78, 5) is 26.2. The van der Waals surface area contributed by atoms with Gasteiger partial charge in [-0.05, 0) is 51.4 Å². The summed E-state index contributed by atoms with van der Waals surface area (Å²) < 4.78 is 37.2. The van der Waals surface area contributed by atoms with E-state index >= 15 is 0 Å². The summed E-state index contributed by atoms with van der Waals surface area (Å²) in [5.74, 6) is -2.15. The fraction of sp³-hybridized carbons (Fsp3) is 0.810. The predicted octanol–water partition coefficient (Wildman–Crippen LogP) is 3.32. The second kappa shape index (κ2) is 10.1. The van der Waals surface area contributed by atoms with Crippen molar-refractivity contribution < 1.29 is 32.6 Å². The molecule has 0 aromatic heterocycles. The molecule has 2 fully saturated rings. The van der Waals surface area contributed by atoms with Crippen LogP contribution in [-0.4, -0.2) is 78.4 Å². The lowest BCUT2D eigenvalue weighted by molar-refractivity contribution is -0.192. The van der Waals surface area contributed by atoms with Gasteiger partial charge in [-0.2, -0.15) is 13.2 Å². The number of hydrogen-bond donors (Lipinski definition) is 1. The summed E-state index contributed by atoms with van der Waals surface area (Å²) >= 11 is 0. The van der Waals surface area contributed by atoms with Crippen molar-refractivity contribution in [1.29, 1.82) is 0 Å². The minimum atomic E-state index is -5.08. The average Bonchev–Trinajstić information content (AvgIpc) is 3.31. The minimum absolute atomic E-state index is 0.223. The van der Waals surface area contributed by atoms with Gasteiger partial charge in [-0.25, -0.2) is 4.79 Å². The zero-order valence-electron chi connectivity index (χ0n) is 18.0. The number of likely N-dealkylation sites (tertiary alicyclic amines) is 2. The molecule has 0 radical (unpaired) electrons. The van der Waals surface area contributed by atoms with Gasteiger partial charge in [-0.1, -0.05) is 12.2 Å². The number of carboxylic acids is 1. The van der Waals surface area contributed by atoms with Crippen molar-refractivity contribution in [1.82, 2.24) is 9.80 Å². The minimum Gasteiger partial charge on any atom is -0.475 e. The van der Waals surface area contributed by atoms with Crippen molar-refractivity contribution in [2.24, 2.45) is 11.3 Å². The van der Waals surface area contributed by atoms with Gasteiger partial charge in [-0.3, -0.25) is 9.69 Å². The van der Waals surface area contributed by atoms with E-state index in [9.17, 15) is 18.0 Å². The number of carboxylic acid groups (broad SMARTS) is 1. The molecule has 1 N–H and O–H groups in total. The third-order valence-corrected chi connectivity index (χ3v) is 6.41. The first-order valence-corrected chi connectivity index (χ1v) is 10.5. The molecule has 30 heavy (non-hydrogen) atoms. The number of hydrogen-bond acceptors (Lipinski definition) is 4. The van der Waals surface area contributed by atoms with E-state index in [4.69, 9.17) is 14.6 Å². The molecular weight excluding hydrogens is 401 g/mol. The third kappa shape index (κ3) is 6.20. The summed E-state index contributed by atoms with van der Waals surface area (Å²) in [6, 6.07) is 1.11. The zero-order chi connectivity index (χ0) is 22.5. The van der Waals surface area contributed by atoms with Gasteiger partial charge in [0.25, 0.3) is 0 Å². The highest BCUT2D eigenvalue weighted by Gasteiger charge is 2.46. The maximum absolute atomic E-state index is 12.6. The Kier molecular flexibility index (Phi) is 8.33. The van der Waals surface area contributed by atoms with Crippen LogP contribution >= 0.6 is 0 Å². The number of nitrogens with zero attached hydrogens (tertiary/aromatic N) is 2. The lowest BCUT2D eigenvalue weighted by Crippen LogP contribution is -2.46. The number of halogens is 3. The second-order valence-electron chi connectivity index (χ2n) is 8.85. The molecule has 3 rings (SSSR count). The lowest BCUT2D eigenvalue weighted by atomic mass is 9.76. The Hall–Kier alpha value is -1.61. The molecule has 1 spiro atoms. The predicted molar refractivity (Wildman–Crippen MR) is 106 cm³/mol. The van der Waals surface area contributed by atoms with Gasteiger partial charge < -0.3 is 14.7 Å². The van der Waals surface area contributed by atoms with Crippen molar-refractivity contribution in [3.05, 3.63) is 12.2 Å². The molecule has 3 aliphatic rings. The van der Waals surface area contributed by atoms with E-state index in [1.807, 2.05) is 0 Å². The topological polar surface area (TPSA) is 70.1 Å². The van der Waals surface area contributed by atoms with E-state index in [1.165, 1.54) is 13.0 Å². The molecule has 2 aliphatic heterocycles. The van der Waals surface area contributed by atoms with Crippen LogP contribution in [0.2, 0.25) is 0 Å². The number of carbonyl (C=O) groups excluding carboxylic acids is 1. The first-order chi connectivity index (χ1) is 14.0. The van der Waals surface area contributed by atoms with Crippen molar-refractivity contribution in [3.63, 3.8) is 0 Å². The highest BCUT2D eigenvalue weighted by Crippen LogP contribution is 2.44. The number of carbonyl (C=O) groups is 2. The summed E-state index contributed by atoms with van der Waals surface area (Å²) in [6.45, 7) is 8.46. The molecule has 0 aromatic rings. The van der Waals surface area contributed by atoms with Crippen LogP contribution in [0.3, 0.4) is 0 Å². The molecule has 9 heteroatoms. The molecule has 1 amide bonds. The van der Waals surface area contributed by atoms with E-state index in [2.05, 4.69) is 35.8 Å². The molecule has 1 aliphatic carbocycles. The van der Waals surface area contributed by atoms with Gasteiger partial charge in [0, 0.05) is 44.7 Å². The van der Waals surface area contributed by atoms with E-state index in [0.717, 1.165) is 45.4 Å². The Labute approximate surface area is 176 Å². The Morgan fingerprint density at radius 2 is 1.73 bits per heavy atom. The number of aliphatic carboxylic acids is 1. The molecule has 0 saturated carbocycles. The monoisotopic (exact) mass is 434 g/mol. The summed E-state index contributed by atoms with van der Waals surface area (Å²) in [5, 5.41) is 7.12. The Morgan fingerprint density at radius 1 is 1.20 bits per heavy atom.